The minimum absolute atomic E-state index is 0.0806. The molecule has 6 amide bonds. The lowest BCUT2D eigenvalue weighted by atomic mass is 10.0. The number of anilines is 7. The standard InChI is InChI=1S/C54H58N12O8/c1-32-44(28-55-49-47(32)65(23-24-73-49)53(72)74-54(2,3)4)63-18-17-34-27-56-52(59-42(34)31-63)58-36-7-5-33(6-8-36)25-46(68)57-35-9-11-37(12-10-35)61-19-21-62(22-20-61)39-29-64(30-39)38-13-14-40-41(26-38)51(71)66(50(40)70)43-15-16-45(67)60-48(43)69/h5-14,26-28,39,43H,15-25,29-31H2,1-4H3,(H,57,68)(H,56,58,59)(H,60,67,69). The number of aromatic nitrogens is 3. The van der Waals surface area contributed by atoms with Gasteiger partial charge >= 0.3 is 6.09 Å². The van der Waals surface area contributed by atoms with Crippen LogP contribution in [0.5, 0.6) is 5.88 Å². The van der Waals surface area contributed by atoms with Gasteiger partial charge in [-0.15, -0.1) is 0 Å². The third-order valence-electron chi connectivity index (χ3n) is 14.5. The van der Waals surface area contributed by atoms with Gasteiger partial charge < -0.3 is 34.8 Å². The van der Waals surface area contributed by atoms with Gasteiger partial charge in [-0.1, -0.05) is 12.1 Å². The summed E-state index contributed by atoms with van der Waals surface area (Å²) in [5.41, 5.74) is 8.63. The van der Waals surface area contributed by atoms with E-state index in [1.165, 1.54) is 0 Å². The van der Waals surface area contributed by atoms with E-state index in [9.17, 15) is 28.8 Å². The number of carbonyl (C=O) groups excluding carboxylic acids is 6. The first-order chi connectivity index (χ1) is 35.6. The smallest absolute Gasteiger partial charge is 0.415 e. The number of piperazine rings is 1. The van der Waals surface area contributed by atoms with Crippen molar-refractivity contribution in [2.24, 2.45) is 0 Å². The number of carbonyl (C=O) groups is 6. The van der Waals surface area contributed by atoms with Crippen molar-refractivity contribution in [1.29, 1.82) is 0 Å². The maximum absolute atomic E-state index is 13.3. The van der Waals surface area contributed by atoms with E-state index in [0.29, 0.717) is 43.3 Å². The Morgan fingerprint density at radius 1 is 0.797 bits per heavy atom. The predicted molar refractivity (Wildman–Crippen MR) is 276 cm³/mol. The average molecular weight is 1000 g/mol. The zero-order chi connectivity index (χ0) is 51.4. The van der Waals surface area contributed by atoms with Crippen molar-refractivity contribution in [3.8, 4) is 5.88 Å². The lowest BCUT2D eigenvalue weighted by molar-refractivity contribution is -0.136. The number of imide groups is 2. The molecule has 0 bridgehead atoms. The molecule has 0 spiro atoms. The van der Waals surface area contributed by atoms with Crippen molar-refractivity contribution in [1.82, 2.24) is 30.1 Å². The highest BCUT2D eigenvalue weighted by atomic mass is 16.6. The summed E-state index contributed by atoms with van der Waals surface area (Å²) in [5, 5.41) is 8.60. The number of fused-ring (bicyclic) bond motifs is 3. The molecule has 3 aromatic carbocycles. The van der Waals surface area contributed by atoms with Crippen molar-refractivity contribution in [3.63, 3.8) is 0 Å². The fourth-order valence-corrected chi connectivity index (χ4v) is 10.6. The molecule has 20 heteroatoms. The van der Waals surface area contributed by atoms with Gasteiger partial charge in [0.05, 0.1) is 48.2 Å². The highest BCUT2D eigenvalue weighted by molar-refractivity contribution is 6.23. The summed E-state index contributed by atoms with van der Waals surface area (Å²) in [5.74, 6) is -1.26. The fourth-order valence-electron chi connectivity index (χ4n) is 10.6. The molecule has 5 aromatic rings. The van der Waals surface area contributed by atoms with Gasteiger partial charge in [0.15, 0.2) is 0 Å². The number of nitrogens with one attached hydrogen (secondary N) is 3. The Morgan fingerprint density at radius 3 is 2.27 bits per heavy atom. The molecule has 0 aliphatic carbocycles. The molecule has 1 unspecified atom stereocenters. The topological polar surface area (TPSA) is 215 Å². The first-order valence-electron chi connectivity index (χ1n) is 25.2. The largest absolute Gasteiger partial charge is 0.474 e. The molecule has 3 N–H and O–H groups in total. The van der Waals surface area contributed by atoms with Crippen molar-refractivity contribution < 1.29 is 38.2 Å². The molecular weight excluding hydrogens is 945 g/mol. The normalized spacial score (nSPS) is 19.0. The summed E-state index contributed by atoms with van der Waals surface area (Å²) in [6.45, 7) is 14.6. The van der Waals surface area contributed by atoms with Gasteiger partial charge in [-0.25, -0.2) is 19.7 Å². The van der Waals surface area contributed by atoms with Crippen LogP contribution in [0.2, 0.25) is 0 Å². The van der Waals surface area contributed by atoms with Crippen LogP contribution in [0.4, 0.5) is 44.9 Å². The van der Waals surface area contributed by atoms with E-state index in [0.717, 1.165) is 108 Å². The molecule has 3 fully saturated rings. The second kappa shape index (κ2) is 19.4. The van der Waals surface area contributed by atoms with Crippen LogP contribution < -0.4 is 40.3 Å². The van der Waals surface area contributed by atoms with E-state index in [-0.39, 0.29) is 36.3 Å². The summed E-state index contributed by atoms with van der Waals surface area (Å²) < 4.78 is 11.6. The maximum Gasteiger partial charge on any atom is 0.415 e. The summed E-state index contributed by atoms with van der Waals surface area (Å²) >= 11 is 0. The van der Waals surface area contributed by atoms with Gasteiger partial charge in [-0.2, -0.15) is 0 Å². The third-order valence-corrected chi connectivity index (χ3v) is 14.5. The Hall–Kier alpha value is -8.13. The zero-order valence-electron chi connectivity index (χ0n) is 41.9. The van der Waals surface area contributed by atoms with Gasteiger partial charge in [0.25, 0.3) is 11.8 Å². The molecular formula is C54H58N12O8. The number of benzene rings is 3. The lowest BCUT2D eigenvalue weighted by Crippen LogP contribution is -2.63. The molecule has 6 aliphatic heterocycles. The molecule has 0 saturated carbocycles. The van der Waals surface area contributed by atoms with Gasteiger partial charge in [0, 0.05) is 92.8 Å². The van der Waals surface area contributed by atoms with Crippen LogP contribution in [0, 0.1) is 6.92 Å². The monoisotopic (exact) mass is 1000 g/mol. The van der Waals surface area contributed by atoms with Crippen LogP contribution in [0.1, 0.15) is 76.7 Å². The lowest BCUT2D eigenvalue weighted by Gasteiger charge is -2.49. The summed E-state index contributed by atoms with van der Waals surface area (Å²) in [4.78, 5) is 103. The van der Waals surface area contributed by atoms with E-state index < -0.39 is 41.4 Å². The molecule has 11 rings (SSSR count). The van der Waals surface area contributed by atoms with Gasteiger partial charge in [-0.05, 0) is 106 Å². The number of amides is 6. The highest BCUT2D eigenvalue weighted by Crippen LogP contribution is 2.40. The number of hydrogen-bond donors (Lipinski definition) is 3. The number of piperidine rings is 1. The molecule has 382 valence electrons. The molecule has 3 saturated heterocycles. The third kappa shape index (κ3) is 9.63. The SMILES string of the molecule is Cc1c(N2CCc3cnc(Nc4ccc(CC(=O)Nc5ccc(N6CCN(C7CN(c8ccc9c(c8)C(=O)N(C8CCC(=O)NC8=O)C9=O)C7)CC6)cc5)cc4)nc3C2)cnc2c1N(C(=O)OC(C)(C)C)CCO2. The van der Waals surface area contributed by atoms with Crippen LogP contribution in [-0.4, -0.2) is 137 Å². The second-order valence-electron chi connectivity index (χ2n) is 20.6. The van der Waals surface area contributed by atoms with Gasteiger partial charge in [-0.3, -0.25) is 44.0 Å². The first kappa shape index (κ1) is 48.2. The van der Waals surface area contributed by atoms with E-state index in [4.69, 9.17) is 14.5 Å². The fraction of sp³-hybridized carbons (Fsp3) is 0.389. The van der Waals surface area contributed by atoms with Crippen LogP contribution >= 0.6 is 0 Å². The van der Waals surface area contributed by atoms with E-state index in [1.807, 2.05) is 88.5 Å². The van der Waals surface area contributed by atoms with Gasteiger partial charge in [0.1, 0.15) is 23.9 Å². The Kier molecular flexibility index (Phi) is 12.6. The minimum Gasteiger partial charge on any atom is -0.474 e. The maximum atomic E-state index is 13.3. The minimum atomic E-state index is -0.987. The summed E-state index contributed by atoms with van der Waals surface area (Å²) in [7, 11) is 0. The number of nitrogens with zero attached hydrogens (tertiary/aromatic N) is 9. The molecule has 0 radical (unpaired) electrons. The highest BCUT2D eigenvalue weighted by Gasteiger charge is 2.45. The molecule has 6 aliphatic rings. The number of rotatable bonds is 10. The summed E-state index contributed by atoms with van der Waals surface area (Å²) in [6.07, 6.45) is 4.40. The van der Waals surface area contributed by atoms with E-state index >= 15 is 0 Å². The molecule has 8 heterocycles. The molecule has 74 heavy (non-hydrogen) atoms. The Balaban J connectivity index is 0.630. The van der Waals surface area contributed by atoms with Crippen molar-refractivity contribution in [3.05, 3.63) is 113 Å². The van der Waals surface area contributed by atoms with Crippen molar-refractivity contribution >= 4 is 75.7 Å². The molecule has 2 aromatic heterocycles. The van der Waals surface area contributed by atoms with Crippen LogP contribution in [-0.2, 0) is 38.5 Å². The number of hydrogen-bond acceptors (Lipinski definition) is 16. The van der Waals surface area contributed by atoms with Crippen LogP contribution in [0.15, 0.2) is 79.1 Å². The Bertz CT molecular complexity index is 3070. The Morgan fingerprint density at radius 2 is 1.53 bits per heavy atom. The zero-order valence-corrected chi connectivity index (χ0v) is 41.9. The van der Waals surface area contributed by atoms with E-state index in [2.05, 4.69) is 45.5 Å². The summed E-state index contributed by atoms with van der Waals surface area (Å²) in [6, 6.07) is 20.3. The number of ether oxygens (including phenoxy) is 2. The molecule has 20 nitrogen and oxygen atoms in total. The first-order valence-corrected chi connectivity index (χ1v) is 25.2. The number of pyridine rings is 1. The van der Waals surface area contributed by atoms with Crippen LogP contribution in [0.3, 0.4) is 0 Å². The quantitative estimate of drug-likeness (QED) is 0.153. The molecule has 1 atom stereocenters. The predicted octanol–water partition coefficient (Wildman–Crippen LogP) is 5.21. The van der Waals surface area contributed by atoms with Crippen molar-refractivity contribution in [2.75, 3.05) is 89.2 Å². The average Bonchev–Trinajstić information content (AvgIpc) is 3.61. The van der Waals surface area contributed by atoms with Crippen molar-refractivity contribution in [2.45, 2.75) is 77.6 Å². The Labute approximate surface area is 428 Å². The van der Waals surface area contributed by atoms with Crippen LogP contribution in [0.25, 0.3) is 0 Å². The second-order valence-corrected chi connectivity index (χ2v) is 20.6. The van der Waals surface area contributed by atoms with Gasteiger partial charge in [0.2, 0.25) is 29.5 Å². The van der Waals surface area contributed by atoms with E-state index in [1.54, 1.807) is 23.2 Å².